The van der Waals surface area contributed by atoms with Crippen LogP contribution >= 0.6 is 27.5 Å². The molecule has 0 aliphatic heterocycles. The van der Waals surface area contributed by atoms with Crippen molar-refractivity contribution in [2.75, 3.05) is 7.05 Å². The molecule has 0 saturated heterocycles. The molecule has 0 radical (unpaired) electrons. The van der Waals surface area contributed by atoms with E-state index in [2.05, 4.69) is 15.9 Å². The van der Waals surface area contributed by atoms with Gasteiger partial charge in [0, 0.05) is 16.5 Å². The van der Waals surface area contributed by atoms with Crippen LogP contribution in [-0.4, -0.2) is 17.9 Å². The van der Waals surface area contributed by atoms with E-state index in [9.17, 15) is 9.18 Å². The van der Waals surface area contributed by atoms with E-state index in [0.717, 1.165) is 5.56 Å². The van der Waals surface area contributed by atoms with Crippen molar-refractivity contribution in [3.05, 3.63) is 68.9 Å². The Bertz CT molecular complexity index is 677. The third kappa shape index (κ3) is 3.63. The van der Waals surface area contributed by atoms with Gasteiger partial charge in [-0.2, -0.15) is 0 Å². The number of hydrogen-bond acceptors (Lipinski definition) is 1. The summed E-state index contributed by atoms with van der Waals surface area (Å²) >= 11 is 9.22. The molecule has 0 N–H and O–H groups in total. The Morgan fingerprint density at radius 2 is 2.00 bits per heavy atom. The Morgan fingerprint density at radius 1 is 1.29 bits per heavy atom. The molecule has 5 heteroatoms. The highest BCUT2D eigenvalue weighted by Crippen LogP contribution is 2.25. The Kier molecular flexibility index (Phi) is 5.01. The zero-order chi connectivity index (χ0) is 15.6. The number of rotatable bonds is 3. The maximum Gasteiger partial charge on any atom is 0.257 e. The van der Waals surface area contributed by atoms with E-state index in [1.165, 1.54) is 17.0 Å². The summed E-state index contributed by atoms with van der Waals surface area (Å²) in [6, 6.07) is 11.4. The van der Waals surface area contributed by atoms with Crippen molar-refractivity contribution in [1.82, 2.24) is 4.90 Å². The maximum absolute atomic E-state index is 13.8. The van der Waals surface area contributed by atoms with Gasteiger partial charge in [-0.05, 0) is 42.8 Å². The number of nitrogens with zero attached hydrogens (tertiary/aromatic N) is 1. The molecule has 0 saturated carbocycles. The van der Waals surface area contributed by atoms with Crippen molar-refractivity contribution in [1.29, 1.82) is 0 Å². The molecule has 0 aromatic heterocycles. The molecular formula is C16H14BrClFNO. The Labute approximate surface area is 136 Å². The Balaban J connectivity index is 2.28. The molecule has 2 aromatic rings. The van der Waals surface area contributed by atoms with Gasteiger partial charge >= 0.3 is 0 Å². The Morgan fingerprint density at radius 3 is 2.67 bits per heavy atom. The molecular weight excluding hydrogens is 357 g/mol. The molecule has 0 aliphatic rings. The molecule has 0 fully saturated rings. The summed E-state index contributed by atoms with van der Waals surface area (Å²) < 4.78 is 14.5. The van der Waals surface area contributed by atoms with Crippen LogP contribution in [0.5, 0.6) is 0 Å². The normalized spacial score (nSPS) is 12.0. The summed E-state index contributed by atoms with van der Waals surface area (Å²) in [6.45, 7) is 1.87. The highest BCUT2D eigenvalue weighted by atomic mass is 79.9. The van der Waals surface area contributed by atoms with E-state index in [-0.39, 0.29) is 17.5 Å². The first-order chi connectivity index (χ1) is 9.90. The number of halogens is 3. The van der Waals surface area contributed by atoms with Crippen molar-refractivity contribution in [3.8, 4) is 0 Å². The fourth-order valence-corrected chi connectivity index (χ4v) is 2.58. The van der Waals surface area contributed by atoms with Gasteiger partial charge in [0.25, 0.3) is 5.91 Å². The number of benzene rings is 2. The lowest BCUT2D eigenvalue weighted by Crippen LogP contribution is -2.30. The molecule has 110 valence electrons. The molecule has 21 heavy (non-hydrogen) atoms. The van der Waals surface area contributed by atoms with Crippen LogP contribution < -0.4 is 0 Å². The van der Waals surface area contributed by atoms with Gasteiger partial charge in [-0.15, -0.1) is 0 Å². The summed E-state index contributed by atoms with van der Waals surface area (Å²) in [7, 11) is 1.65. The van der Waals surface area contributed by atoms with Crippen LogP contribution in [0, 0.1) is 5.82 Å². The predicted molar refractivity (Wildman–Crippen MR) is 86.1 cm³/mol. The quantitative estimate of drug-likeness (QED) is 0.738. The molecule has 0 heterocycles. The number of hydrogen-bond donors (Lipinski definition) is 0. The van der Waals surface area contributed by atoms with E-state index in [1.54, 1.807) is 25.2 Å². The zero-order valence-corrected chi connectivity index (χ0v) is 14.0. The number of carbonyl (C=O) groups excluding carboxylic acids is 1. The van der Waals surface area contributed by atoms with Crippen molar-refractivity contribution in [2.45, 2.75) is 13.0 Å². The summed E-state index contributed by atoms with van der Waals surface area (Å²) in [5.74, 6) is -0.908. The van der Waals surface area contributed by atoms with Crippen LogP contribution in [-0.2, 0) is 0 Å². The van der Waals surface area contributed by atoms with Gasteiger partial charge < -0.3 is 4.90 Å². The van der Waals surface area contributed by atoms with Gasteiger partial charge in [0.15, 0.2) is 0 Å². The second-order valence-corrected chi connectivity index (χ2v) is 6.12. The number of carbonyl (C=O) groups is 1. The molecule has 2 rings (SSSR count). The van der Waals surface area contributed by atoms with Crippen molar-refractivity contribution in [2.24, 2.45) is 0 Å². The fourth-order valence-electron chi connectivity index (χ4n) is 2.02. The summed E-state index contributed by atoms with van der Waals surface area (Å²) in [6.07, 6.45) is 0. The van der Waals surface area contributed by atoms with Crippen molar-refractivity contribution in [3.63, 3.8) is 0 Å². The standard InChI is InChI=1S/C16H14BrClFNO/c1-10(11-4-3-5-13(18)8-11)20(2)16(21)14-9-12(17)6-7-15(14)19/h3-10H,1-2H3. The van der Waals surface area contributed by atoms with Gasteiger partial charge in [0.1, 0.15) is 5.82 Å². The lowest BCUT2D eigenvalue weighted by Gasteiger charge is -2.25. The van der Waals surface area contributed by atoms with Crippen LogP contribution in [0.1, 0.15) is 28.9 Å². The van der Waals surface area contributed by atoms with Gasteiger partial charge in [0.05, 0.1) is 11.6 Å². The molecule has 0 spiro atoms. The third-order valence-corrected chi connectivity index (χ3v) is 4.12. The molecule has 0 bridgehead atoms. The number of amides is 1. The van der Waals surface area contributed by atoms with Crippen LogP contribution in [0.2, 0.25) is 5.02 Å². The second-order valence-electron chi connectivity index (χ2n) is 4.77. The van der Waals surface area contributed by atoms with Crippen molar-refractivity contribution >= 4 is 33.4 Å². The first kappa shape index (κ1) is 16.0. The second kappa shape index (κ2) is 6.58. The van der Waals surface area contributed by atoms with E-state index in [4.69, 9.17) is 11.6 Å². The van der Waals surface area contributed by atoms with Crippen LogP contribution in [0.25, 0.3) is 0 Å². The average Bonchev–Trinajstić information content (AvgIpc) is 2.47. The minimum absolute atomic E-state index is 0.0424. The molecule has 1 unspecified atom stereocenters. The molecule has 1 atom stereocenters. The lowest BCUT2D eigenvalue weighted by atomic mass is 10.1. The third-order valence-electron chi connectivity index (χ3n) is 3.39. The highest BCUT2D eigenvalue weighted by Gasteiger charge is 2.21. The van der Waals surface area contributed by atoms with Crippen LogP contribution in [0.3, 0.4) is 0 Å². The minimum atomic E-state index is -0.534. The van der Waals surface area contributed by atoms with Gasteiger partial charge in [0.2, 0.25) is 0 Å². The minimum Gasteiger partial charge on any atom is -0.335 e. The fraction of sp³-hybridized carbons (Fsp3) is 0.188. The first-order valence-electron chi connectivity index (χ1n) is 6.38. The SMILES string of the molecule is CC(c1cccc(Cl)c1)N(C)C(=O)c1cc(Br)ccc1F. The van der Waals surface area contributed by atoms with Crippen molar-refractivity contribution < 1.29 is 9.18 Å². The summed E-state index contributed by atoms with van der Waals surface area (Å²) in [5, 5.41) is 0.605. The van der Waals surface area contributed by atoms with Crippen LogP contribution in [0.15, 0.2) is 46.9 Å². The predicted octanol–water partition coefficient (Wildman–Crippen LogP) is 5.07. The van der Waals surface area contributed by atoms with Gasteiger partial charge in [-0.3, -0.25) is 4.79 Å². The van der Waals surface area contributed by atoms with Crippen LogP contribution in [0.4, 0.5) is 4.39 Å². The van der Waals surface area contributed by atoms with E-state index in [1.807, 2.05) is 19.1 Å². The molecule has 0 aliphatic carbocycles. The molecule has 2 nitrogen and oxygen atoms in total. The molecule has 1 amide bonds. The van der Waals surface area contributed by atoms with Gasteiger partial charge in [-0.1, -0.05) is 39.7 Å². The lowest BCUT2D eigenvalue weighted by molar-refractivity contribution is 0.0738. The molecule has 2 aromatic carbocycles. The zero-order valence-electron chi connectivity index (χ0n) is 11.6. The Hall–Kier alpha value is -1.39. The van der Waals surface area contributed by atoms with E-state index < -0.39 is 5.82 Å². The van der Waals surface area contributed by atoms with E-state index in [0.29, 0.717) is 9.50 Å². The summed E-state index contributed by atoms with van der Waals surface area (Å²) in [5.41, 5.74) is 0.939. The first-order valence-corrected chi connectivity index (χ1v) is 7.55. The monoisotopic (exact) mass is 369 g/mol. The van der Waals surface area contributed by atoms with Gasteiger partial charge in [-0.25, -0.2) is 4.39 Å². The maximum atomic E-state index is 13.8. The summed E-state index contributed by atoms with van der Waals surface area (Å²) in [4.78, 5) is 13.9. The smallest absolute Gasteiger partial charge is 0.257 e. The highest BCUT2D eigenvalue weighted by molar-refractivity contribution is 9.10. The largest absolute Gasteiger partial charge is 0.335 e. The average molecular weight is 371 g/mol. The topological polar surface area (TPSA) is 20.3 Å². The van der Waals surface area contributed by atoms with E-state index >= 15 is 0 Å².